The minimum atomic E-state index is -2.02. The van der Waals surface area contributed by atoms with E-state index >= 15 is 0 Å². The monoisotopic (exact) mass is 261 g/mol. The first-order chi connectivity index (χ1) is 8.20. The minimum absolute atomic E-state index is 0.149. The molecule has 0 radical (unpaired) electrons. The number of urea groups is 1. The highest BCUT2D eigenvalue weighted by Gasteiger charge is 2.30. The van der Waals surface area contributed by atoms with Crippen molar-refractivity contribution in [3.05, 3.63) is 0 Å². The van der Waals surface area contributed by atoms with Gasteiger partial charge in [0.1, 0.15) is 0 Å². The Hall–Kier alpha value is -1.83. The van der Waals surface area contributed by atoms with Crippen molar-refractivity contribution in [2.45, 2.75) is 18.9 Å². The van der Waals surface area contributed by atoms with Crippen molar-refractivity contribution in [1.82, 2.24) is 15.5 Å². The van der Waals surface area contributed by atoms with Gasteiger partial charge in [-0.25, -0.2) is 9.59 Å². The van der Waals surface area contributed by atoms with Gasteiger partial charge in [0.15, 0.2) is 5.60 Å². The highest BCUT2D eigenvalue weighted by Crippen LogP contribution is 2.01. The molecule has 0 bridgehead atoms. The molecule has 0 spiro atoms. The van der Waals surface area contributed by atoms with Crippen LogP contribution in [0.1, 0.15) is 13.3 Å². The third-order valence-electron chi connectivity index (χ3n) is 2.34. The number of carbonyl (C=O) groups is 3. The van der Waals surface area contributed by atoms with E-state index in [0.717, 1.165) is 6.92 Å². The Bertz CT molecular complexity index is 329. The zero-order valence-corrected chi connectivity index (χ0v) is 10.7. The van der Waals surface area contributed by atoms with Gasteiger partial charge in [-0.05, 0) is 6.92 Å². The molecule has 1 atom stereocenters. The summed E-state index contributed by atoms with van der Waals surface area (Å²) in [4.78, 5) is 34.3. The van der Waals surface area contributed by atoms with Crippen LogP contribution in [0.25, 0.3) is 0 Å². The predicted molar refractivity (Wildman–Crippen MR) is 63.0 cm³/mol. The van der Waals surface area contributed by atoms with E-state index in [2.05, 4.69) is 10.6 Å². The van der Waals surface area contributed by atoms with Crippen LogP contribution in [0.5, 0.6) is 0 Å². The summed E-state index contributed by atoms with van der Waals surface area (Å²) in [6, 6.07) is -0.555. The first kappa shape index (κ1) is 16.2. The first-order valence-electron chi connectivity index (χ1n) is 5.36. The van der Waals surface area contributed by atoms with Crippen LogP contribution in [0.2, 0.25) is 0 Å². The Morgan fingerprint density at radius 2 is 1.89 bits per heavy atom. The van der Waals surface area contributed by atoms with E-state index in [9.17, 15) is 19.5 Å². The third kappa shape index (κ3) is 5.48. The summed E-state index contributed by atoms with van der Waals surface area (Å²) in [5.41, 5.74) is -2.02. The third-order valence-corrected chi connectivity index (χ3v) is 2.34. The van der Waals surface area contributed by atoms with Gasteiger partial charge in [0.25, 0.3) is 0 Å². The average Bonchev–Trinajstić information content (AvgIpc) is 2.32. The van der Waals surface area contributed by atoms with Gasteiger partial charge in [0.2, 0.25) is 5.91 Å². The van der Waals surface area contributed by atoms with E-state index in [1.165, 1.54) is 19.0 Å². The fraction of sp³-hybridized carbons (Fsp3) is 0.700. The molecule has 104 valence electrons. The molecule has 1 unspecified atom stereocenters. The SMILES string of the molecule is CNC(=O)CCN(C)C(=O)NCC(C)(O)C(=O)O. The molecule has 0 fully saturated rings. The molecule has 0 aromatic rings. The zero-order valence-electron chi connectivity index (χ0n) is 10.7. The largest absolute Gasteiger partial charge is 0.479 e. The van der Waals surface area contributed by atoms with Crippen molar-refractivity contribution >= 4 is 17.9 Å². The van der Waals surface area contributed by atoms with Crippen molar-refractivity contribution in [3.63, 3.8) is 0 Å². The number of carboxylic acids is 1. The van der Waals surface area contributed by atoms with Crippen molar-refractivity contribution in [1.29, 1.82) is 0 Å². The second kappa shape index (κ2) is 6.80. The molecule has 0 saturated carbocycles. The lowest BCUT2D eigenvalue weighted by Crippen LogP contribution is -2.49. The Balaban J connectivity index is 4.10. The Morgan fingerprint density at radius 1 is 1.33 bits per heavy atom. The number of amides is 3. The van der Waals surface area contributed by atoms with E-state index in [1.807, 2.05) is 0 Å². The van der Waals surface area contributed by atoms with Gasteiger partial charge in [-0.1, -0.05) is 0 Å². The van der Waals surface area contributed by atoms with Gasteiger partial charge in [-0.3, -0.25) is 4.79 Å². The van der Waals surface area contributed by atoms with Crippen LogP contribution in [-0.2, 0) is 9.59 Å². The van der Waals surface area contributed by atoms with Crippen LogP contribution in [0, 0.1) is 0 Å². The van der Waals surface area contributed by atoms with Gasteiger partial charge in [-0.15, -0.1) is 0 Å². The fourth-order valence-corrected chi connectivity index (χ4v) is 0.954. The van der Waals surface area contributed by atoms with Gasteiger partial charge >= 0.3 is 12.0 Å². The number of hydrogen-bond acceptors (Lipinski definition) is 4. The minimum Gasteiger partial charge on any atom is -0.479 e. The van der Waals surface area contributed by atoms with Gasteiger partial charge < -0.3 is 25.7 Å². The summed E-state index contributed by atoms with van der Waals surface area (Å²) >= 11 is 0. The molecule has 0 rings (SSSR count). The number of carbonyl (C=O) groups excluding carboxylic acids is 2. The van der Waals surface area contributed by atoms with Crippen LogP contribution in [0.3, 0.4) is 0 Å². The molecule has 18 heavy (non-hydrogen) atoms. The molecule has 3 amide bonds. The van der Waals surface area contributed by atoms with Gasteiger partial charge in [0, 0.05) is 27.1 Å². The summed E-state index contributed by atoms with van der Waals surface area (Å²) in [5.74, 6) is -1.62. The van der Waals surface area contributed by atoms with Gasteiger partial charge in [0.05, 0.1) is 6.54 Å². The highest BCUT2D eigenvalue weighted by molar-refractivity contribution is 5.80. The summed E-state index contributed by atoms with van der Waals surface area (Å²) in [5, 5.41) is 22.7. The molecule has 0 aromatic heterocycles. The molecular weight excluding hydrogens is 242 g/mol. The lowest BCUT2D eigenvalue weighted by molar-refractivity contribution is -0.155. The Morgan fingerprint density at radius 3 is 2.33 bits per heavy atom. The fourth-order valence-electron chi connectivity index (χ4n) is 0.954. The molecule has 0 aromatic carbocycles. The summed E-state index contributed by atoms with van der Waals surface area (Å²) in [6.45, 7) is 0.867. The highest BCUT2D eigenvalue weighted by atomic mass is 16.4. The number of carboxylic acid groups (broad SMARTS) is 1. The van der Waals surface area contributed by atoms with Crippen molar-refractivity contribution in [2.24, 2.45) is 0 Å². The van der Waals surface area contributed by atoms with Crippen LogP contribution in [0.15, 0.2) is 0 Å². The van der Waals surface area contributed by atoms with E-state index in [1.54, 1.807) is 0 Å². The quantitative estimate of drug-likeness (QED) is 0.469. The molecule has 0 heterocycles. The van der Waals surface area contributed by atoms with Crippen LogP contribution < -0.4 is 10.6 Å². The van der Waals surface area contributed by atoms with Crippen molar-refractivity contribution in [3.8, 4) is 0 Å². The number of rotatable bonds is 6. The van der Waals surface area contributed by atoms with Crippen LogP contribution in [-0.4, -0.2) is 65.8 Å². The molecule has 0 saturated heterocycles. The summed E-state index contributed by atoms with van der Waals surface area (Å²) in [7, 11) is 2.96. The molecule has 0 aliphatic carbocycles. The average molecular weight is 261 g/mol. The number of aliphatic hydroxyl groups is 1. The molecule has 0 aliphatic rings. The van der Waals surface area contributed by atoms with Crippen LogP contribution in [0.4, 0.5) is 4.79 Å². The molecular formula is C10H19N3O5. The zero-order chi connectivity index (χ0) is 14.3. The molecule has 8 nitrogen and oxygen atoms in total. The number of hydrogen-bond donors (Lipinski definition) is 4. The Kier molecular flexibility index (Phi) is 6.11. The number of nitrogens with zero attached hydrogens (tertiary/aromatic N) is 1. The maximum Gasteiger partial charge on any atom is 0.337 e. The molecule has 4 N–H and O–H groups in total. The number of aliphatic carboxylic acids is 1. The van der Waals surface area contributed by atoms with E-state index in [0.29, 0.717) is 0 Å². The lowest BCUT2D eigenvalue weighted by Gasteiger charge is -2.22. The maximum atomic E-state index is 11.5. The van der Waals surface area contributed by atoms with Crippen LogP contribution >= 0.6 is 0 Å². The van der Waals surface area contributed by atoms with Crippen molar-refractivity contribution in [2.75, 3.05) is 27.2 Å². The van der Waals surface area contributed by atoms with Gasteiger partial charge in [-0.2, -0.15) is 0 Å². The Labute approximate surface area is 105 Å². The van der Waals surface area contributed by atoms with Crippen molar-refractivity contribution < 1.29 is 24.6 Å². The normalized spacial score (nSPS) is 13.3. The first-order valence-corrected chi connectivity index (χ1v) is 5.36. The second-order valence-electron chi connectivity index (χ2n) is 4.08. The number of nitrogens with one attached hydrogen (secondary N) is 2. The summed E-state index contributed by atoms with van der Waals surface area (Å²) in [6.07, 6.45) is 0.149. The molecule has 0 aliphatic heterocycles. The lowest BCUT2D eigenvalue weighted by atomic mass is 10.1. The second-order valence-corrected chi connectivity index (χ2v) is 4.08. The maximum absolute atomic E-state index is 11.5. The van der Waals surface area contributed by atoms with E-state index < -0.39 is 24.1 Å². The standard InChI is InChI=1S/C10H19N3O5/c1-10(18,8(15)16)6-12-9(17)13(3)5-4-7(14)11-2/h18H,4-6H2,1-3H3,(H,11,14)(H,12,17)(H,15,16). The topological polar surface area (TPSA) is 119 Å². The molecule has 8 heteroatoms. The summed E-state index contributed by atoms with van der Waals surface area (Å²) < 4.78 is 0. The predicted octanol–water partition coefficient (Wildman–Crippen LogP) is -1.40. The van der Waals surface area contributed by atoms with E-state index in [-0.39, 0.29) is 18.9 Å². The van der Waals surface area contributed by atoms with E-state index in [4.69, 9.17) is 5.11 Å². The smallest absolute Gasteiger partial charge is 0.337 e.